The zero-order valence-electron chi connectivity index (χ0n) is 9.28. The number of nitrogens with zero attached hydrogens (tertiary/aromatic N) is 1. The minimum atomic E-state index is -0.227. The van der Waals surface area contributed by atoms with E-state index in [1.54, 1.807) is 0 Å². The lowest BCUT2D eigenvalue weighted by molar-refractivity contribution is -0.159. The molecule has 1 rings (SSSR count). The molecule has 1 fully saturated rings. The summed E-state index contributed by atoms with van der Waals surface area (Å²) >= 11 is 0. The number of amides is 2. The summed E-state index contributed by atoms with van der Waals surface area (Å²) in [5.74, 6) is -0.180. The second kappa shape index (κ2) is 5.82. The highest BCUT2D eigenvalue weighted by atomic mass is 16.5. The highest BCUT2D eigenvalue weighted by molar-refractivity contribution is 5.98. The third-order valence-electron chi connectivity index (χ3n) is 2.29. The molecular weight excluding hydrogens is 196 g/mol. The summed E-state index contributed by atoms with van der Waals surface area (Å²) in [6, 6.07) is 0. The maximum absolute atomic E-state index is 11.4. The first-order valence-electron chi connectivity index (χ1n) is 5.26. The van der Waals surface area contributed by atoms with Gasteiger partial charge in [0.1, 0.15) is 13.2 Å². The highest BCUT2D eigenvalue weighted by Gasteiger charge is 2.27. The van der Waals surface area contributed by atoms with Gasteiger partial charge in [-0.2, -0.15) is 0 Å². The van der Waals surface area contributed by atoms with Gasteiger partial charge in [0.15, 0.2) is 0 Å². The summed E-state index contributed by atoms with van der Waals surface area (Å²) in [6.07, 6.45) is 0. The zero-order chi connectivity index (χ0) is 11.3. The van der Waals surface area contributed by atoms with Gasteiger partial charge in [0.05, 0.1) is 0 Å². The van der Waals surface area contributed by atoms with E-state index in [0.717, 1.165) is 13.1 Å². The van der Waals surface area contributed by atoms with Crippen molar-refractivity contribution in [3.05, 3.63) is 0 Å². The van der Waals surface area contributed by atoms with Gasteiger partial charge in [-0.3, -0.25) is 14.5 Å². The summed E-state index contributed by atoms with van der Waals surface area (Å²) in [5.41, 5.74) is 0. The zero-order valence-corrected chi connectivity index (χ0v) is 9.28. The van der Waals surface area contributed by atoms with Gasteiger partial charge in [0.25, 0.3) is 11.8 Å². The molecule has 15 heavy (non-hydrogen) atoms. The minimum Gasteiger partial charge on any atom is -0.362 e. The molecule has 0 spiro atoms. The molecule has 0 aromatic carbocycles. The van der Waals surface area contributed by atoms with Crippen LogP contribution in [0.4, 0.5) is 0 Å². The average Bonchev–Trinajstić information content (AvgIpc) is 2.21. The maximum Gasteiger partial charge on any atom is 0.255 e. The van der Waals surface area contributed by atoms with Gasteiger partial charge in [0, 0.05) is 6.54 Å². The van der Waals surface area contributed by atoms with E-state index in [1.807, 2.05) is 13.8 Å². The standard InChI is InChI=1S/C10H18N2O3/c1-3-11-4-8(2)5-12-9(13)6-15-7-10(12)14/h8,11H,3-7H2,1-2H3. The Morgan fingerprint density at radius 3 is 2.53 bits per heavy atom. The van der Waals surface area contributed by atoms with Gasteiger partial charge in [-0.15, -0.1) is 0 Å². The van der Waals surface area contributed by atoms with Crippen molar-refractivity contribution in [1.29, 1.82) is 0 Å². The normalized spacial score (nSPS) is 19.5. The van der Waals surface area contributed by atoms with Crippen LogP contribution in [-0.4, -0.2) is 49.6 Å². The Kier molecular flexibility index (Phi) is 4.71. The molecule has 0 aromatic rings. The van der Waals surface area contributed by atoms with E-state index < -0.39 is 0 Å². The van der Waals surface area contributed by atoms with Gasteiger partial charge in [-0.05, 0) is 19.0 Å². The lowest BCUT2D eigenvalue weighted by atomic mass is 10.1. The van der Waals surface area contributed by atoms with Crippen molar-refractivity contribution < 1.29 is 14.3 Å². The summed E-state index contributed by atoms with van der Waals surface area (Å²) in [5, 5.41) is 3.19. The molecular formula is C10H18N2O3. The van der Waals surface area contributed by atoms with Crippen molar-refractivity contribution in [2.45, 2.75) is 13.8 Å². The number of ether oxygens (including phenoxy) is 1. The van der Waals surface area contributed by atoms with Gasteiger partial charge >= 0.3 is 0 Å². The van der Waals surface area contributed by atoms with Crippen molar-refractivity contribution in [3.8, 4) is 0 Å². The molecule has 0 radical (unpaired) electrons. The fourth-order valence-electron chi connectivity index (χ4n) is 1.49. The number of rotatable bonds is 5. The molecule has 1 aliphatic heterocycles. The monoisotopic (exact) mass is 214 g/mol. The van der Waals surface area contributed by atoms with Crippen molar-refractivity contribution in [2.75, 3.05) is 32.8 Å². The quantitative estimate of drug-likeness (QED) is 0.634. The number of hydrogen-bond acceptors (Lipinski definition) is 4. The van der Waals surface area contributed by atoms with Crippen LogP contribution >= 0.6 is 0 Å². The molecule has 5 heteroatoms. The summed E-state index contributed by atoms with van der Waals surface area (Å²) in [7, 11) is 0. The van der Waals surface area contributed by atoms with Gasteiger partial charge < -0.3 is 10.1 Å². The third-order valence-corrected chi connectivity index (χ3v) is 2.29. The third kappa shape index (κ3) is 3.60. The summed E-state index contributed by atoms with van der Waals surface area (Å²) in [6.45, 7) is 6.29. The van der Waals surface area contributed by atoms with E-state index in [0.29, 0.717) is 6.54 Å². The Balaban J connectivity index is 2.40. The number of carbonyl (C=O) groups is 2. The molecule has 1 saturated heterocycles. The minimum absolute atomic E-state index is 0.0274. The van der Waals surface area contributed by atoms with Crippen LogP contribution in [0.5, 0.6) is 0 Å². The molecule has 0 saturated carbocycles. The average molecular weight is 214 g/mol. The molecule has 1 heterocycles. The topological polar surface area (TPSA) is 58.6 Å². The van der Waals surface area contributed by atoms with Crippen molar-refractivity contribution >= 4 is 11.8 Å². The molecule has 0 bridgehead atoms. The molecule has 1 aliphatic rings. The number of imide groups is 1. The fourth-order valence-corrected chi connectivity index (χ4v) is 1.49. The molecule has 1 unspecified atom stereocenters. The number of carbonyl (C=O) groups excluding carboxylic acids is 2. The largest absolute Gasteiger partial charge is 0.362 e. The first-order valence-corrected chi connectivity index (χ1v) is 5.26. The van der Waals surface area contributed by atoms with Crippen molar-refractivity contribution in [1.82, 2.24) is 10.2 Å². The van der Waals surface area contributed by atoms with Gasteiger partial charge in [0.2, 0.25) is 0 Å². The van der Waals surface area contributed by atoms with Crippen LogP contribution < -0.4 is 5.32 Å². The van der Waals surface area contributed by atoms with E-state index in [4.69, 9.17) is 4.74 Å². The highest BCUT2D eigenvalue weighted by Crippen LogP contribution is 2.05. The first kappa shape index (κ1) is 12.1. The number of hydrogen-bond donors (Lipinski definition) is 1. The van der Waals surface area contributed by atoms with Crippen LogP contribution in [0, 0.1) is 5.92 Å². The maximum atomic E-state index is 11.4. The SMILES string of the molecule is CCNCC(C)CN1C(=O)COCC1=O. The first-order chi connectivity index (χ1) is 7.15. The Morgan fingerprint density at radius 2 is 2.00 bits per heavy atom. The van der Waals surface area contributed by atoms with E-state index >= 15 is 0 Å². The lowest BCUT2D eigenvalue weighted by Crippen LogP contribution is -2.48. The van der Waals surface area contributed by atoms with E-state index in [2.05, 4.69) is 5.32 Å². The predicted molar refractivity (Wildman–Crippen MR) is 55.2 cm³/mol. The Bertz CT molecular complexity index is 227. The van der Waals surface area contributed by atoms with Crippen LogP contribution in [-0.2, 0) is 14.3 Å². The summed E-state index contributed by atoms with van der Waals surface area (Å²) < 4.78 is 4.83. The van der Waals surface area contributed by atoms with Crippen LogP contribution in [0.1, 0.15) is 13.8 Å². The Labute approximate surface area is 89.8 Å². The molecule has 0 aliphatic carbocycles. The van der Waals surface area contributed by atoms with Crippen LogP contribution in [0.3, 0.4) is 0 Å². The van der Waals surface area contributed by atoms with Crippen molar-refractivity contribution in [2.24, 2.45) is 5.92 Å². The molecule has 1 N–H and O–H groups in total. The molecule has 86 valence electrons. The van der Waals surface area contributed by atoms with E-state index in [9.17, 15) is 9.59 Å². The van der Waals surface area contributed by atoms with Gasteiger partial charge in [-0.1, -0.05) is 13.8 Å². The Hall–Kier alpha value is -0.940. The van der Waals surface area contributed by atoms with Crippen LogP contribution in [0.15, 0.2) is 0 Å². The van der Waals surface area contributed by atoms with Crippen LogP contribution in [0.2, 0.25) is 0 Å². The summed E-state index contributed by atoms with van der Waals surface area (Å²) in [4.78, 5) is 24.0. The molecule has 2 amide bonds. The van der Waals surface area contributed by atoms with Crippen molar-refractivity contribution in [3.63, 3.8) is 0 Å². The van der Waals surface area contributed by atoms with Crippen LogP contribution in [0.25, 0.3) is 0 Å². The second-order valence-electron chi connectivity index (χ2n) is 3.80. The Morgan fingerprint density at radius 1 is 1.40 bits per heavy atom. The number of nitrogens with one attached hydrogen (secondary N) is 1. The smallest absolute Gasteiger partial charge is 0.255 e. The molecule has 0 aromatic heterocycles. The molecule has 1 atom stereocenters. The van der Waals surface area contributed by atoms with E-state index in [1.165, 1.54) is 4.90 Å². The van der Waals surface area contributed by atoms with E-state index in [-0.39, 0.29) is 30.9 Å². The lowest BCUT2D eigenvalue weighted by Gasteiger charge is -2.27. The van der Waals surface area contributed by atoms with Gasteiger partial charge in [-0.25, -0.2) is 0 Å². The molecule has 5 nitrogen and oxygen atoms in total. The predicted octanol–water partition coefficient (Wildman–Crippen LogP) is -0.383. The second-order valence-corrected chi connectivity index (χ2v) is 3.80. The number of morpholine rings is 1. The fraction of sp³-hybridized carbons (Fsp3) is 0.800.